The molecule has 57 heavy (non-hydrogen) atoms. The Balaban J connectivity index is 0.000000306. The number of aliphatic hydroxyl groups is 1. The molecule has 10 heteroatoms. The van der Waals surface area contributed by atoms with E-state index in [2.05, 4.69) is 52.0 Å². The van der Waals surface area contributed by atoms with Crippen LogP contribution in [0.25, 0.3) is 0 Å². The van der Waals surface area contributed by atoms with Gasteiger partial charge in [0.2, 0.25) is 0 Å². The molecule has 2 N–H and O–H groups in total. The number of carbonyl (C=O) groups is 3. The van der Waals surface area contributed by atoms with E-state index in [4.69, 9.17) is 14.2 Å². The summed E-state index contributed by atoms with van der Waals surface area (Å²) in [6.45, 7) is 24.6. The van der Waals surface area contributed by atoms with Gasteiger partial charge in [-0.3, -0.25) is 4.79 Å². The van der Waals surface area contributed by atoms with Crippen molar-refractivity contribution in [1.82, 2.24) is 0 Å². The Morgan fingerprint density at radius 2 is 1.11 bits per heavy atom. The molecule has 0 aliphatic carbocycles. The van der Waals surface area contributed by atoms with Gasteiger partial charge in [-0.2, -0.15) is 0 Å². The van der Waals surface area contributed by atoms with Crippen molar-refractivity contribution in [3.8, 4) is 11.5 Å². The molecule has 0 amide bonds. The maximum atomic E-state index is 12.2. The molecule has 0 aliphatic rings. The second kappa shape index (κ2) is 19.6. The van der Waals surface area contributed by atoms with Gasteiger partial charge in [-0.15, -0.1) is 22.7 Å². The van der Waals surface area contributed by atoms with Crippen LogP contribution < -0.4 is 9.47 Å². The molecule has 2 heterocycles. The van der Waals surface area contributed by atoms with E-state index in [9.17, 15) is 24.6 Å². The molecule has 0 aliphatic heterocycles. The summed E-state index contributed by atoms with van der Waals surface area (Å²) >= 11 is 2.85. The minimum Gasteiger partial charge on any atom is -0.491 e. The molecule has 1 unspecified atom stereocenters. The smallest absolute Gasteiger partial charge is 0.348 e. The number of aliphatic hydroxyl groups excluding tert-OH is 1. The van der Waals surface area contributed by atoms with Crippen molar-refractivity contribution in [1.29, 1.82) is 0 Å². The molecule has 0 radical (unpaired) electrons. The maximum absolute atomic E-state index is 12.2. The van der Waals surface area contributed by atoms with Crippen LogP contribution in [-0.2, 0) is 20.4 Å². The summed E-state index contributed by atoms with van der Waals surface area (Å²) in [4.78, 5) is 38.6. The molecular formula is C47H64O8S2. The van der Waals surface area contributed by atoms with E-state index in [-0.39, 0.29) is 41.2 Å². The molecule has 0 fully saturated rings. The van der Waals surface area contributed by atoms with Crippen molar-refractivity contribution in [3.05, 3.63) is 102 Å². The summed E-state index contributed by atoms with van der Waals surface area (Å²) in [7, 11) is 1.40. The number of benzene rings is 2. The Bertz CT molecular complexity index is 1960. The zero-order chi connectivity index (χ0) is 42.9. The first-order chi connectivity index (χ1) is 26.6. The molecule has 312 valence electrons. The second-order valence-corrected chi connectivity index (χ2v) is 19.0. The van der Waals surface area contributed by atoms with E-state index in [1.165, 1.54) is 35.3 Å². The zero-order valence-corrected chi connectivity index (χ0v) is 37.9. The highest BCUT2D eigenvalue weighted by Gasteiger charge is 2.35. The summed E-state index contributed by atoms with van der Waals surface area (Å²) in [6, 6.07) is 19.9. The fourth-order valence-electron chi connectivity index (χ4n) is 6.81. The number of aryl methyl sites for hydroxylation is 2. The Labute approximate surface area is 348 Å². The third kappa shape index (κ3) is 11.1. The normalized spacial score (nSPS) is 12.7. The fourth-order valence-corrected chi connectivity index (χ4v) is 9.29. The average Bonchev–Trinajstić information content (AvgIpc) is 3.87. The van der Waals surface area contributed by atoms with Gasteiger partial charge >= 0.3 is 11.9 Å². The highest BCUT2D eigenvalue weighted by Crippen LogP contribution is 2.45. The van der Waals surface area contributed by atoms with Gasteiger partial charge in [0.1, 0.15) is 34.5 Å². The van der Waals surface area contributed by atoms with Crippen LogP contribution in [0.2, 0.25) is 0 Å². The van der Waals surface area contributed by atoms with Crippen LogP contribution in [0, 0.1) is 24.7 Å². The molecule has 1 atom stereocenters. The number of Topliss-reactive ketones (excluding diaryl/α,β-unsaturated/α-hetero) is 1. The number of esters is 1. The standard InChI is InChI=1S/C24H32O4S.C23H32O4S/c1-8-24(9-2,21-13-12-19(29-21)22(26)27-7)17-10-11-18(16(3)14-17)28-15-20(25)23(4,5)6;1-7-23(8-2,20-12-11-18(28-20)21(25)26)16-9-10-17(15(3)13-16)27-14-19(24)22(4,5)6/h10-14H,8-9,15H2,1-7H3;9-13,19,24H,7-8,14H2,1-6H3,(H,25,26). The van der Waals surface area contributed by atoms with Crippen molar-refractivity contribution in [3.63, 3.8) is 0 Å². The maximum Gasteiger partial charge on any atom is 0.348 e. The van der Waals surface area contributed by atoms with Gasteiger partial charge in [-0.05, 0) is 104 Å². The lowest BCUT2D eigenvalue weighted by Gasteiger charge is -2.32. The number of hydrogen-bond acceptors (Lipinski definition) is 9. The monoisotopic (exact) mass is 820 g/mol. The number of carboxylic acids is 1. The summed E-state index contributed by atoms with van der Waals surface area (Å²) < 4.78 is 16.6. The van der Waals surface area contributed by atoms with Gasteiger partial charge in [0.05, 0.1) is 13.2 Å². The number of ether oxygens (including phenoxy) is 3. The zero-order valence-electron chi connectivity index (χ0n) is 36.3. The third-order valence-electron chi connectivity index (χ3n) is 11.2. The average molecular weight is 821 g/mol. The van der Waals surface area contributed by atoms with Gasteiger partial charge in [-0.1, -0.05) is 93.5 Å². The predicted molar refractivity (Wildman–Crippen MR) is 233 cm³/mol. The van der Waals surface area contributed by atoms with E-state index in [0.29, 0.717) is 9.75 Å². The van der Waals surface area contributed by atoms with Gasteiger partial charge < -0.3 is 24.4 Å². The van der Waals surface area contributed by atoms with E-state index < -0.39 is 17.5 Å². The fraction of sp³-hybridized carbons (Fsp3) is 0.511. The minimum atomic E-state index is -0.880. The van der Waals surface area contributed by atoms with Crippen LogP contribution in [0.5, 0.6) is 11.5 Å². The molecule has 2 aromatic carbocycles. The van der Waals surface area contributed by atoms with Crippen molar-refractivity contribution in [2.24, 2.45) is 10.8 Å². The molecule has 2 aromatic heterocycles. The van der Waals surface area contributed by atoms with Gasteiger partial charge in [0, 0.05) is 26.0 Å². The highest BCUT2D eigenvalue weighted by molar-refractivity contribution is 7.14. The first-order valence-corrected chi connectivity index (χ1v) is 21.5. The van der Waals surface area contributed by atoms with Crippen LogP contribution in [0.1, 0.15) is 146 Å². The summed E-state index contributed by atoms with van der Waals surface area (Å²) in [5.74, 6) is 0.395. The van der Waals surface area contributed by atoms with Crippen LogP contribution in [0.15, 0.2) is 60.7 Å². The number of carbonyl (C=O) groups excluding carboxylic acids is 2. The SMILES string of the molecule is CCC(CC)(c1ccc(OCC(=O)C(C)(C)C)c(C)c1)c1ccc(C(=O)OC)s1.CCC(CC)(c1ccc(OCC(O)C(C)(C)C)c(C)c1)c1ccc(C(=O)O)s1. The van der Waals surface area contributed by atoms with E-state index in [0.717, 1.165) is 63.6 Å². The molecule has 4 rings (SSSR count). The molecule has 8 nitrogen and oxygen atoms in total. The van der Waals surface area contributed by atoms with Gasteiger partial charge in [0.25, 0.3) is 0 Å². The molecule has 4 aromatic rings. The molecule has 0 saturated carbocycles. The second-order valence-electron chi connectivity index (χ2n) is 16.8. The number of ketones is 1. The predicted octanol–water partition coefficient (Wildman–Crippen LogP) is 11.6. The lowest BCUT2D eigenvalue weighted by Crippen LogP contribution is -2.32. The van der Waals surface area contributed by atoms with Gasteiger partial charge in [-0.25, -0.2) is 9.59 Å². The van der Waals surface area contributed by atoms with Crippen molar-refractivity contribution < 1.29 is 38.8 Å². The lowest BCUT2D eigenvalue weighted by molar-refractivity contribution is -0.128. The number of hydrogen-bond donors (Lipinski definition) is 2. The molecular weight excluding hydrogens is 757 g/mol. The lowest BCUT2D eigenvalue weighted by atomic mass is 9.74. The van der Waals surface area contributed by atoms with Crippen molar-refractivity contribution in [2.75, 3.05) is 20.3 Å². The quantitative estimate of drug-likeness (QED) is 0.107. The summed E-state index contributed by atoms with van der Waals surface area (Å²) in [5.41, 5.74) is 3.33. The first kappa shape index (κ1) is 47.4. The van der Waals surface area contributed by atoms with E-state index >= 15 is 0 Å². The Morgan fingerprint density at radius 1 is 0.667 bits per heavy atom. The van der Waals surface area contributed by atoms with Crippen LogP contribution in [-0.4, -0.2) is 54.4 Å². The van der Waals surface area contributed by atoms with E-state index in [1.807, 2.05) is 85.7 Å². The number of carboxylic acid groups (broad SMARTS) is 1. The number of thiophene rings is 2. The molecule has 0 saturated heterocycles. The Hall–Kier alpha value is -3.99. The Kier molecular flexibility index (Phi) is 16.3. The van der Waals surface area contributed by atoms with Crippen molar-refractivity contribution >= 4 is 40.4 Å². The Morgan fingerprint density at radius 3 is 1.47 bits per heavy atom. The number of rotatable bonds is 16. The van der Waals surface area contributed by atoms with Crippen LogP contribution in [0.4, 0.5) is 0 Å². The number of methoxy groups -OCH3 is 1. The molecule has 0 bridgehead atoms. The third-order valence-corrected chi connectivity index (χ3v) is 13.8. The minimum absolute atomic E-state index is 0.0732. The first-order valence-electron chi connectivity index (χ1n) is 19.8. The van der Waals surface area contributed by atoms with Gasteiger partial charge in [0.15, 0.2) is 5.78 Å². The highest BCUT2D eigenvalue weighted by atomic mass is 32.1. The largest absolute Gasteiger partial charge is 0.491 e. The summed E-state index contributed by atoms with van der Waals surface area (Å²) in [5, 5.41) is 19.5. The van der Waals surface area contributed by atoms with Crippen LogP contribution in [0.3, 0.4) is 0 Å². The molecule has 0 spiro atoms. The summed E-state index contributed by atoms with van der Waals surface area (Å²) in [6.07, 6.45) is 3.04. The van der Waals surface area contributed by atoms with Crippen LogP contribution >= 0.6 is 22.7 Å². The van der Waals surface area contributed by atoms with E-state index in [1.54, 1.807) is 6.07 Å². The van der Waals surface area contributed by atoms with Crippen molar-refractivity contribution in [2.45, 2.75) is 126 Å². The topological polar surface area (TPSA) is 119 Å². The number of aromatic carboxylic acids is 1.